The number of alkyl halides is 3. The fraction of sp³-hybridized carbons (Fsp3) is 0.800. The Hall–Kier alpha value is -1.47. The highest BCUT2D eigenvalue weighted by Crippen LogP contribution is 2.21. The maximum absolute atomic E-state index is 12.0. The van der Waals surface area contributed by atoms with Gasteiger partial charge in [-0.05, 0) is 5.92 Å². The fourth-order valence-electron chi connectivity index (χ4n) is 1.46. The van der Waals surface area contributed by atoms with Crippen molar-refractivity contribution in [3.8, 4) is 0 Å². The highest BCUT2D eigenvalue weighted by molar-refractivity contribution is 6.02. The number of carbonyl (C=O) groups excluding carboxylic acids is 1. The molecule has 0 radical (unpaired) electrons. The molecule has 0 rings (SSSR count). The Kier molecular flexibility index (Phi) is 5.93. The van der Waals surface area contributed by atoms with Crippen LogP contribution in [0.25, 0.3) is 0 Å². The topological polar surface area (TPSA) is 78.9 Å². The van der Waals surface area contributed by atoms with Gasteiger partial charge in [-0.15, -0.1) is 0 Å². The van der Waals surface area contributed by atoms with Gasteiger partial charge in [0.2, 0.25) is 5.91 Å². The zero-order chi connectivity index (χ0) is 14.5. The first-order chi connectivity index (χ1) is 8.10. The van der Waals surface area contributed by atoms with Crippen molar-refractivity contribution >= 4 is 11.7 Å². The van der Waals surface area contributed by atoms with E-state index >= 15 is 0 Å². The summed E-state index contributed by atoms with van der Waals surface area (Å²) in [5.74, 6) is -2.09. The molecule has 0 aliphatic heterocycles. The molecule has 1 atom stereocenters. The second kappa shape index (κ2) is 6.46. The highest BCUT2D eigenvalue weighted by Gasteiger charge is 2.32. The second-order valence-electron chi connectivity index (χ2n) is 4.37. The minimum absolute atomic E-state index is 0.276. The molecule has 18 heavy (non-hydrogen) atoms. The van der Waals surface area contributed by atoms with Crippen LogP contribution >= 0.6 is 0 Å². The smallest absolute Gasteiger partial charge is 0.390 e. The Morgan fingerprint density at radius 2 is 1.94 bits per heavy atom. The molecule has 106 valence electrons. The van der Waals surface area contributed by atoms with Gasteiger partial charge in [-0.1, -0.05) is 19.0 Å². The standard InChI is InChI=1S/C10H18F3N3O2/c1-6(2)7(8(14)15-18)9(17)16(3)5-4-10(11,12)13/h6-7,18H,4-5H2,1-3H3,(H2,14,15). The average Bonchev–Trinajstić information content (AvgIpc) is 2.23. The van der Waals surface area contributed by atoms with Crippen LogP contribution in [0.1, 0.15) is 20.3 Å². The lowest BCUT2D eigenvalue weighted by Crippen LogP contribution is -2.43. The van der Waals surface area contributed by atoms with Gasteiger partial charge in [0.1, 0.15) is 5.92 Å². The summed E-state index contributed by atoms with van der Waals surface area (Å²) in [6.45, 7) is 2.88. The van der Waals surface area contributed by atoms with Crippen molar-refractivity contribution in [3.05, 3.63) is 0 Å². The van der Waals surface area contributed by atoms with Crippen molar-refractivity contribution in [2.45, 2.75) is 26.4 Å². The molecule has 0 fully saturated rings. The van der Waals surface area contributed by atoms with Crippen molar-refractivity contribution < 1.29 is 23.2 Å². The van der Waals surface area contributed by atoms with Crippen LogP contribution in [-0.2, 0) is 4.79 Å². The molecule has 0 bridgehead atoms. The zero-order valence-corrected chi connectivity index (χ0v) is 10.5. The summed E-state index contributed by atoms with van der Waals surface area (Å²) in [4.78, 5) is 12.8. The minimum atomic E-state index is -4.32. The number of amidine groups is 1. The van der Waals surface area contributed by atoms with Crippen molar-refractivity contribution in [1.82, 2.24) is 4.90 Å². The van der Waals surface area contributed by atoms with Crippen LogP contribution in [0, 0.1) is 11.8 Å². The quantitative estimate of drug-likeness (QED) is 0.343. The van der Waals surface area contributed by atoms with Crippen molar-refractivity contribution in [1.29, 1.82) is 0 Å². The van der Waals surface area contributed by atoms with Crippen LogP contribution in [-0.4, -0.2) is 41.6 Å². The van der Waals surface area contributed by atoms with Gasteiger partial charge < -0.3 is 15.8 Å². The lowest BCUT2D eigenvalue weighted by molar-refractivity contribution is -0.145. The Morgan fingerprint density at radius 1 is 1.44 bits per heavy atom. The van der Waals surface area contributed by atoms with E-state index in [9.17, 15) is 18.0 Å². The summed E-state index contributed by atoms with van der Waals surface area (Å²) in [5, 5.41) is 11.3. The number of hydrogen-bond acceptors (Lipinski definition) is 3. The van der Waals surface area contributed by atoms with Gasteiger partial charge in [-0.25, -0.2) is 0 Å². The number of hydrogen-bond donors (Lipinski definition) is 2. The van der Waals surface area contributed by atoms with Crippen molar-refractivity contribution in [2.24, 2.45) is 22.7 Å². The van der Waals surface area contributed by atoms with Crippen LogP contribution in [0.15, 0.2) is 5.16 Å². The lowest BCUT2D eigenvalue weighted by Gasteiger charge is -2.25. The molecule has 0 aliphatic rings. The SMILES string of the molecule is CC(C)C(C(=O)N(C)CCC(F)(F)F)/C(N)=N/O. The third-order valence-corrected chi connectivity index (χ3v) is 2.47. The van der Waals surface area contributed by atoms with Gasteiger partial charge in [-0.3, -0.25) is 4.79 Å². The molecule has 0 aromatic rings. The number of oxime groups is 1. The van der Waals surface area contributed by atoms with Gasteiger partial charge in [0.05, 0.1) is 6.42 Å². The Balaban J connectivity index is 4.69. The molecular formula is C10H18F3N3O2. The van der Waals surface area contributed by atoms with Crippen molar-refractivity contribution in [2.75, 3.05) is 13.6 Å². The normalized spacial score (nSPS) is 14.7. The van der Waals surface area contributed by atoms with Crippen LogP contribution in [0.5, 0.6) is 0 Å². The molecule has 0 spiro atoms. The Morgan fingerprint density at radius 3 is 2.28 bits per heavy atom. The van der Waals surface area contributed by atoms with E-state index in [1.54, 1.807) is 13.8 Å². The molecule has 0 aromatic heterocycles. The number of rotatable bonds is 5. The molecule has 5 nitrogen and oxygen atoms in total. The fourth-order valence-corrected chi connectivity index (χ4v) is 1.46. The molecule has 1 amide bonds. The van der Waals surface area contributed by atoms with E-state index in [2.05, 4.69) is 5.16 Å². The Bertz CT molecular complexity index is 316. The van der Waals surface area contributed by atoms with Gasteiger partial charge >= 0.3 is 6.18 Å². The number of nitrogens with zero attached hydrogens (tertiary/aromatic N) is 2. The van der Waals surface area contributed by atoms with Crippen LogP contribution in [0.2, 0.25) is 0 Å². The van der Waals surface area contributed by atoms with E-state index < -0.39 is 31.0 Å². The summed E-state index contributed by atoms with van der Waals surface area (Å²) >= 11 is 0. The van der Waals surface area contributed by atoms with Crippen LogP contribution in [0.3, 0.4) is 0 Å². The number of halogens is 3. The van der Waals surface area contributed by atoms with E-state index in [0.717, 1.165) is 4.90 Å². The summed E-state index contributed by atoms with van der Waals surface area (Å²) < 4.78 is 36.1. The summed E-state index contributed by atoms with van der Waals surface area (Å²) in [5.41, 5.74) is 5.37. The first-order valence-corrected chi connectivity index (χ1v) is 5.39. The minimum Gasteiger partial charge on any atom is -0.409 e. The van der Waals surface area contributed by atoms with E-state index in [-0.39, 0.29) is 11.8 Å². The van der Waals surface area contributed by atoms with Gasteiger partial charge in [0, 0.05) is 13.6 Å². The predicted molar refractivity (Wildman–Crippen MR) is 60.0 cm³/mol. The largest absolute Gasteiger partial charge is 0.409 e. The van der Waals surface area contributed by atoms with E-state index in [1.807, 2.05) is 0 Å². The summed E-state index contributed by atoms with van der Waals surface area (Å²) in [7, 11) is 1.26. The monoisotopic (exact) mass is 269 g/mol. The lowest BCUT2D eigenvalue weighted by atomic mass is 9.93. The summed E-state index contributed by atoms with van der Waals surface area (Å²) in [6.07, 6.45) is -5.41. The first kappa shape index (κ1) is 16.5. The zero-order valence-electron chi connectivity index (χ0n) is 10.5. The summed E-state index contributed by atoms with van der Waals surface area (Å²) in [6, 6.07) is 0. The predicted octanol–water partition coefficient (Wildman–Crippen LogP) is 1.42. The number of amides is 1. The van der Waals surface area contributed by atoms with E-state index in [1.165, 1.54) is 7.05 Å². The van der Waals surface area contributed by atoms with Crippen molar-refractivity contribution in [3.63, 3.8) is 0 Å². The highest BCUT2D eigenvalue weighted by atomic mass is 19.4. The van der Waals surface area contributed by atoms with Gasteiger partial charge in [0.15, 0.2) is 5.84 Å². The molecule has 0 aliphatic carbocycles. The maximum Gasteiger partial charge on any atom is 0.390 e. The molecule has 3 N–H and O–H groups in total. The number of nitrogens with two attached hydrogens (primary N) is 1. The van der Waals surface area contributed by atoms with E-state index in [4.69, 9.17) is 10.9 Å². The molecule has 1 unspecified atom stereocenters. The third-order valence-electron chi connectivity index (χ3n) is 2.47. The maximum atomic E-state index is 12.0. The molecule has 0 saturated heterocycles. The molecule has 0 heterocycles. The first-order valence-electron chi connectivity index (χ1n) is 5.39. The molecule has 8 heteroatoms. The third kappa shape index (κ3) is 5.24. The molecular weight excluding hydrogens is 251 g/mol. The second-order valence-corrected chi connectivity index (χ2v) is 4.37. The Labute approximate surface area is 103 Å². The average molecular weight is 269 g/mol. The van der Waals surface area contributed by atoms with E-state index in [0.29, 0.717) is 0 Å². The van der Waals surface area contributed by atoms with Crippen LogP contribution in [0.4, 0.5) is 13.2 Å². The van der Waals surface area contributed by atoms with Gasteiger partial charge in [-0.2, -0.15) is 13.2 Å². The van der Waals surface area contributed by atoms with Crippen LogP contribution < -0.4 is 5.73 Å². The molecule has 0 aromatic carbocycles. The number of carbonyl (C=O) groups is 1. The molecule has 0 saturated carbocycles. The van der Waals surface area contributed by atoms with Gasteiger partial charge in [0.25, 0.3) is 0 Å².